The number of nitrogens with one attached hydrogen (secondary N) is 4. The maximum Gasteiger partial charge on any atom is 0.434 e. The van der Waals surface area contributed by atoms with Crippen molar-refractivity contribution in [2.75, 3.05) is 51.6 Å². The summed E-state index contributed by atoms with van der Waals surface area (Å²) in [4.78, 5) is 111. The molecule has 0 spiro atoms. The van der Waals surface area contributed by atoms with Crippen molar-refractivity contribution in [3.8, 4) is 5.69 Å². The van der Waals surface area contributed by atoms with Crippen LogP contribution in [0.1, 0.15) is 150 Å². The molecule has 3 aromatic rings. The summed E-state index contributed by atoms with van der Waals surface area (Å²) in [5.74, 6) is -11.2. The molecule has 2 aromatic carbocycles. The zero-order chi connectivity index (χ0) is 67.9. The highest BCUT2D eigenvalue weighted by Crippen LogP contribution is 2.40. The molecule has 5 amide bonds. The Kier molecular flexibility index (Phi) is 26.2. The fourth-order valence-electron chi connectivity index (χ4n) is 12.8. The minimum Gasteiger partial charge on any atom is -0.456 e. The average molecular weight is 1320 g/mol. The number of piperidine rings is 1. The number of amides is 5. The topological polar surface area (TPSA) is 292 Å². The molecule has 2 saturated heterocycles. The van der Waals surface area contributed by atoms with E-state index in [1.165, 1.54) is 56.7 Å². The van der Waals surface area contributed by atoms with Gasteiger partial charge in [-0.1, -0.05) is 56.2 Å². The summed E-state index contributed by atoms with van der Waals surface area (Å²) in [5.41, 5.74) is -0.762. The van der Waals surface area contributed by atoms with E-state index in [-0.39, 0.29) is 116 Å². The monoisotopic (exact) mass is 1320 g/mol. The predicted octanol–water partition coefficient (Wildman–Crippen LogP) is 8.80. The molecule has 12 atom stereocenters. The number of methoxy groups -OCH3 is 3. The van der Waals surface area contributed by atoms with Crippen molar-refractivity contribution in [1.29, 1.82) is 0 Å². The molecule has 26 heteroatoms. The number of hydrogen-bond donors (Lipinski definition) is 6. The first-order valence-corrected chi connectivity index (χ1v) is 32.0. The lowest BCUT2D eigenvalue weighted by Gasteiger charge is -2.45. The third kappa shape index (κ3) is 19.3. The van der Waals surface area contributed by atoms with Gasteiger partial charge >= 0.3 is 12.1 Å². The number of aromatic nitrogens is 2. The van der Waals surface area contributed by atoms with Crippen LogP contribution in [0.5, 0.6) is 0 Å². The number of rotatable bonds is 18. The molecule has 2 bridgehead atoms. The van der Waals surface area contributed by atoms with Crippen molar-refractivity contribution in [2.24, 2.45) is 23.7 Å². The summed E-state index contributed by atoms with van der Waals surface area (Å²) in [6.07, 6.45) is 1.93. The summed E-state index contributed by atoms with van der Waals surface area (Å²) < 4.78 is 74.3. The number of cyclic esters (lactones) is 1. The molecule has 0 unspecified atom stereocenters. The van der Waals surface area contributed by atoms with Crippen molar-refractivity contribution in [1.82, 2.24) is 25.3 Å². The number of esters is 1. The largest absolute Gasteiger partial charge is 0.456 e. The van der Waals surface area contributed by atoms with Gasteiger partial charge in [0.15, 0.2) is 5.69 Å². The number of allylic oxidation sites excluding steroid dienone is 2. The molecule has 1 aliphatic carbocycles. The lowest BCUT2D eigenvalue weighted by Crippen LogP contribution is -2.63. The average Bonchev–Trinajstić information content (AvgIpc) is 1.73. The lowest BCUT2D eigenvalue weighted by molar-refractivity contribution is -0.287. The molecule has 3 aliphatic heterocycles. The van der Waals surface area contributed by atoms with E-state index in [0.717, 1.165) is 48.4 Å². The van der Waals surface area contributed by atoms with Crippen molar-refractivity contribution in [3.05, 3.63) is 106 Å². The highest BCUT2D eigenvalue weighted by atomic mass is 35.5. The first kappa shape index (κ1) is 73.3. The Hall–Kier alpha value is -7.13. The number of aliphatic hydroxyl groups is 2. The Morgan fingerprint density at radius 3 is 2.25 bits per heavy atom. The lowest BCUT2D eigenvalue weighted by atomic mass is 9.82. The molecule has 6 N–H and O–H groups in total. The molecule has 4 heterocycles. The van der Waals surface area contributed by atoms with Crippen LogP contribution in [0.15, 0.2) is 84.6 Å². The van der Waals surface area contributed by atoms with E-state index in [4.69, 9.17) is 35.3 Å². The van der Waals surface area contributed by atoms with Gasteiger partial charge in [-0.3, -0.25) is 33.6 Å². The second-order valence-electron chi connectivity index (χ2n) is 24.7. The van der Waals surface area contributed by atoms with E-state index >= 15 is 0 Å². The van der Waals surface area contributed by atoms with Crippen LogP contribution in [-0.4, -0.2) is 161 Å². The van der Waals surface area contributed by atoms with Crippen LogP contribution < -0.4 is 21.3 Å². The van der Waals surface area contributed by atoms with E-state index in [0.29, 0.717) is 35.9 Å². The Morgan fingerprint density at radius 2 is 1.57 bits per heavy atom. The van der Waals surface area contributed by atoms with E-state index < -0.39 is 113 Å². The molecule has 22 nitrogen and oxygen atoms in total. The number of Topliss-reactive ketones (excluding diaryl/α,β-unsaturated/α-hetero) is 2. The van der Waals surface area contributed by atoms with Gasteiger partial charge in [-0.15, -0.1) is 0 Å². The SMILES string of the molecule is C=CC(=O)Nc1cc(Cl)cc(NC(=O)c2cnn(-c3ccc(C(=O)NCCNC(=O)CCC[C@@H]4/C=C(\C)C[C@H](OC)CC[C@H]5O[C@@](O)(C(=O)C(=O)N6CCCC[C@H]6C(=O)O[C@H](/C(C)=C/[C@@H]6CCC[C@H](OC)C6)[C@H](C)[C@@H](O)CC4=O)[C@H](C)C[C@@H]5OC)cc3)c2C(F)(F)F)c1. The van der Waals surface area contributed by atoms with Crippen molar-refractivity contribution in [2.45, 2.75) is 179 Å². The summed E-state index contributed by atoms with van der Waals surface area (Å²) in [7, 11) is 4.70. The van der Waals surface area contributed by atoms with Crippen LogP contribution in [0, 0.1) is 23.7 Å². The van der Waals surface area contributed by atoms with E-state index in [2.05, 4.69) is 32.9 Å². The van der Waals surface area contributed by atoms with Gasteiger partial charge in [-0.05, 0) is 151 Å². The Morgan fingerprint density at radius 1 is 0.871 bits per heavy atom. The Balaban J connectivity index is 1.02. The van der Waals surface area contributed by atoms with Gasteiger partial charge in [0.2, 0.25) is 17.6 Å². The third-order valence-electron chi connectivity index (χ3n) is 18.0. The summed E-state index contributed by atoms with van der Waals surface area (Å²) in [6.45, 7) is 10.3. The van der Waals surface area contributed by atoms with Gasteiger partial charge in [0.05, 0.1) is 48.0 Å². The number of carbonyl (C=O) groups is 8. The fraction of sp³-hybridized carbons (Fsp3) is 0.567. The number of nitrogens with zero attached hydrogens (tertiary/aromatic N) is 3. The number of ether oxygens (including phenoxy) is 5. The smallest absolute Gasteiger partial charge is 0.434 e. The van der Waals surface area contributed by atoms with Crippen molar-refractivity contribution >= 4 is 70.0 Å². The van der Waals surface area contributed by atoms with Crippen LogP contribution in [-0.2, 0) is 58.6 Å². The van der Waals surface area contributed by atoms with E-state index in [1.807, 2.05) is 13.0 Å². The van der Waals surface area contributed by atoms with Crippen LogP contribution in [0.3, 0.4) is 0 Å². The highest BCUT2D eigenvalue weighted by molar-refractivity contribution is 6.39. The van der Waals surface area contributed by atoms with Gasteiger partial charge in [-0.25, -0.2) is 9.48 Å². The van der Waals surface area contributed by atoms with Crippen molar-refractivity contribution in [3.63, 3.8) is 0 Å². The molecule has 4 aliphatic rings. The van der Waals surface area contributed by atoms with Crippen LogP contribution in [0.2, 0.25) is 5.02 Å². The number of benzene rings is 2. The molecular weight excluding hydrogens is 1240 g/mol. The summed E-state index contributed by atoms with van der Waals surface area (Å²) in [5, 5.41) is 38.3. The standard InChI is InChI=1S/C67H87ClF3N7O15/c1-9-57(81)75-46-33-45(68)34-47(35-46)76-63(85)51-37-74-78(60(51)67(69,70)71)48-21-19-43(20-22-48)62(84)73-26-25-72-58(82)18-13-15-44-28-38(2)29-50(90-7)23-24-55-56(91-8)31-40(4)66(88,93-55)61(83)64(86)77-27-11-10-17-52(77)65(87)92-59(41(5)53(79)36-54(44)80)39(3)30-42-14-12-16-49(32-42)89-6/h9,19-22,28,30,33-35,37,40-42,44,49-50,52-53,55-56,59,79,88H,1,10-18,23-27,29,31-32,36H2,2-8H3,(H,72,82)(H,73,84)(H,75,81)(H,76,85)/b38-28+,39-30+/t40-,41-,42+,44-,49+,50-,52+,53+,55-,56+,59-,66-/m1/s1. The fourth-order valence-corrected chi connectivity index (χ4v) is 13.0. The first-order chi connectivity index (χ1) is 44.2. The number of halogens is 4. The molecule has 7 rings (SSSR count). The van der Waals surface area contributed by atoms with Gasteiger partial charge in [0.1, 0.15) is 17.9 Å². The number of carbonyl (C=O) groups excluding carboxylic acids is 8. The second kappa shape index (κ2) is 33.3. The summed E-state index contributed by atoms with van der Waals surface area (Å²) >= 11 is 6.12. The third-order valence-corrected chi connectivity index (χ3v) is 18.2. The predicted molar refractivity (Wildman–Crippen MR) is 338 cm³/mol. The van der Waals surface area contributed by atoms with Crippen LogP contribution >= 0.6 is 11.6 Å². The quantitative estimate of drug-likeness (QED) is 0.0228. The Labute approximate surface area is 544 Å². The maximum atomic E-state index is 14.6. The molecule has 0 radical (unpaired) electrons. The van der Waals surface area contributed by atoms with Gasteiger partial charge in [-0.2, -0.15) is 18.3 Å². The van der Waals surface area contributed by atoms with Crippen molar-refractivity contribution < 1.29 is 85.4 Å². The number of aliphatic hydroxyl groups excluding tert-OH is 1. The number of anilines is 2. The molecule has 1 saturated carbocycles. The molecule has 1 aromatic heterocycles. The van der Waals surface area contributed by atoms with Gasteiger partial charge < -0.3 is 60.1 Å². The zero-order valence-electron chi connectivity index (χ0n) is 53.7. The van der Waals surface area contributed by atoms with Gasteiger partial charge in [0.25, 0.3) is 23.5 Å². The molecule has 93 heavy (non-hydrogen) atoms. The number of hydrogen-bond acceptors (Lipinski definition) is 16. The van der Waals surface area contributed by atoms with Crippen LogP contribution in [0.25, 0.3) is 5.69 Å². The molecule has 508 valence electrons. The molecule has 3 fully saturated rings. The normalized spacial score (nSPS) is 27.9. The highest BCUT2D eigenvalue weighted by Gasteiger charge is 2.55. The zero-order valence-corrected chi connectivity index (χ0v) is 54.4. The number of fused-ring (bicyclic) bond motifs is 3. The van der Waals surface area contributed by atoms with Gasteiger partial charge in [0, 0.05) is 93.5 Å². The number of alkyl halides is 3. The molecular formula is C67H87ClF3N7O15. The van der Waals surface area contributed by atoms with E-state index in [1.54, 1.807) is 34.0 Å². The minimum absolute atomic E-state index is 0.00636. The first-order valence-electron chi connectivity index (χ1n) is 31.6. The summed E-state index contributed by atoms with van der Waals surface area (Å²) in [6, 6.07) is 7.69. The maximum absolute atomic E-state index is 14.6. The van der Waals surface area contributed by atoms with E-state index in [9.17, 15) is 61.7 Å². The van der Waals surface area contributed by atoms with Crippen LogP contribution in [0.4, 0.5) is 24.5 Å². The minimum atomic E-state index is -5.07. The number of ketones is 2. The Bertz CT molecular complexity index is 3250. The second-order valence-corrected chi connectivity index (χ2v) is 25.2.